The van der Waals surface area contributed by atoms with Crippen molar-refractivity contribution in [2.75, 3.05) is 32.8 Å². The molecule has 0 unspecified atom stereocenters. The van der Waals surface area contributed by atoms with Crippen LogP contribution < -0.4 is 10.6 Å². The van der Waals surface area contributed by atoms with Crippen molar-refractivity contribution in [1.82, 2.24) is 30.3 Å². The third-order valence-electron chi connectivity index (χ3n) is 6.53. The average Bonchev–Trinajstić information content (AvgIpc) is 3.15. The van der Waals surface area contributed by atoms with E-state index < -0.39 is 0 Å². The second-order valence-electron chi connectivity index (χ2n) is 8.78. The molecule has 2 aromatic rings. The summed E-state index contributed by atoms with van der Waals surface area (Å²) in [5.41, 5.74) is 3.05. The van der Waals surface area contributed by atoms with E-state index in [-0.39, 0.29) is 11.6 Å². The highest BCUT2D eigenvalue weighted by molar-refractivity contribution is 5.73. The van der Waals surface area contributed by atoms with Crippen LogP contribution in [0, 0.1) is 13.8 Å². The quantitative estimate of drug-likeness (QED) is 0.742. The normalized spacial score (nSPS) is 19.2. The monoisotopic (exact) mass is 426 g/mol. The zero-order valence-corrected chi connectivity index (χ0v) is 18.7. The first kappa shape index (κ1) is 21.8. The lowest BCUT2D eigenvalue weighted by molar-refractivity contribution is -0.0357. The van der Waals surface area contributed by atoms with Crippen molar-refractivity contribution in [3.63, 3.8) is 0 Å². The van der Waals surface area contributed by atoms with Gasteiger partial charge >= 0.3 is 6.03 Å². The lowest BCUT2D eigenvalue weighted by Gasteiger charge is -2.48. The molecule has 1 aliphatic heterocycles. The number of hydrogen-bond donors (Lipinski definition) is 2. The Kier molecular flexibility index (Phi) is 6.87. The summed E-state index contributed by atoms with van der Waals surface area (Å²) < 4.78 is 7.37. The van der Waals surface area contributed by atoms with Gasteiger partial charge < -0.3 is 15.4 Å². The third-order valence-corrected chi connectivity index (χ3v) is 6.53. The Bertz CT molecular complexity index is 867. The summed E-state index contributed by atoms with van der Waals surface area (Å²) in [6.45, 7) is 8.60. The van der Waals surface area contributed by atoms with Crippen LogP contribution in [0.2, 0.25) is 0 Å². The number of morpholine rings is 1. The van der Waals surface area contributed by atoms with E-state index in [0.29, 0.717) is 13.1 Å². The lowest BCUT2D eigenvalue weighted by Crippen LogP contribution is -2.60. The maximum atomic E-state index is 12.5. The van der Waals surface area contributed by atoms with Crippen molar-refractivity contribution < 1.29 is 9.53 Å². The first-order chi connectivity index (χ1) is 15.1. The van der Waals surface area contributed by atoms with Crippen LogP contribution in [-0.2, 0) is 11.3 Å². The Morgan fingerprint density at radius 1 is 1.13 bits per heavy atom. The van der Waals surface area contributed by atoms with Gasteiger partial charge in [-0.25, -0.2) is 14.5 Å². The van der Waals surface area contributed by atoms with Crippen LogP contribution in [0.3, 0.4) is 0 Å². The van der Waals surface area contributed by atoms with E-state index in [4.69, 9.17) is 4.74 Å². The second-order valence-corrected chi connectivity index (χ2v) is 8.78. The van der Waals surface area contributed by atoms with Crippen LogP contribution >= 0.6 is 0 Å². The van der Waals surface area contributed by atoms with E-state index in [0.717, 1.165) is 61.9 Å². The summed E-state index contributed by atoms with van der Waals surface area (Å²) in [5, 5.41) is 10.6. The van der Waals surface area contributed by atoms with Crippen molar-refractivity contribution in [3.8, 4) is 5.82 Å². The predicted molar refractivity (Wildman–Crippen MR) is 119 cm³/mol. The molecule has 1 saturated heterocycles. The average molecular weight is 427 g/mol. The SMILES string of the molecule is Cc1cc(C)n(-c2ccc(CNC(=O)NCC3(N4CCOCC4)CCCCC3)cn2)n1. The summed E-state index contributed by atoms with van der Waals surface area (Å²) in [6.07, 6.45) is 7.83. The number of aryl methyl sites for hydroxylation is 2. The van der Waals surface area contributed by atoms with E-state index in [9.17, 15) is 4.79 Å². The second kappa shape index (κ2) is 9.78. The molecule has 0 bridgehead atoms. The molecule has 2 fully saturated rings. The van der Waals surface area contributed by atoms with Gasteiger partial charge in [-0.3, -0.25) is 4.90 Å². The van der Waals surface area contributed by atoms with Gasteiger partial charge in [-0.15, -0.1) is 0 Å². The smallest absolute Gasteiger partial charge is 0.315 e. The Hall–Kier alpha value is -2.45. The minimum absolute atomic E-state index is 0.0718. The molecule has 168 valence electrons. The zero-order valence-electron chi connectivity index (χ0n) is 18.7. The van der Waals surface area contributed by atoms with E-state index in [1.54, 1.807) is 6.20 Å². The van der Waals surface area contributed by atoms with Crippen LogP contribution in [0.15, 0.2) is 24.4 Å². The van der Waals surface area contributed by atoms with Crippen LogP contribution in [0.5, 0.6) is 0 Å². The van der Waals surface area contributed by atoms with Crippen molar-refractivity contribution in [2.45, 2.75) is 58.0 Å². The van der Waals surface area contributed by atoms with Crippen molar-refractivity contribution >= 4 is 6.03 Å². The zero-order chi connectivity index (χ0) is 21.7. The van der Waals surface area contributed by atoms with Crippen LogP contribution in [0.25, 0.3) is 5.82 Å². The molecule has 8 nitrogen and oxygen atoms in total. The number of rotatable bonds is 6. The van der Waals surface area contributed by atoms with Gasteiger partial charge in [-0.1, -0.05) is 25.3 Å². The molecule has 2 N–H and O–H groups in total. The molecule has 2 aliphatic rings. The summed E-state index contributed by atoms with van der Waals surface area (Å²) >= 11 is 0. The fraction of sp³-hybridized carbons (Fsp3) is 0.609. The van der Waals surface area contributed by atoms with E-state index in [1.807, 2.05) is 36.7 Å². The molecule has 2 amide bonds. The molecule has 0 aromatic carbocycles. The Morgan fingerprint density at radius 2 is 1.90 bits per heavy atom. The van der Waals surface area contributed by atoms with Crippen molar-refractivity contribution in [3.05, 3.63) is 41.3 Å². The van der Waals surface area contributed by atoms with Gasteiger partial charge in [-0.2, -0.15) is 5.10 Å². The fourth-order valence-corrected chi connectivity index (χ4v) is 4.85. The minimum atomic E-state index is -0.124. The molecular weight excluding hydrogens is 392 g/mol. The maximum absolute atomic E-state index is 12.5. The predicted octanol–water partition coefficient (Wildman–Crippen LogP) is 2.72. The first-order valence-electron chi connectivity index (χ1n) is 11.4. The molecule has 0 radical (unpaired) electrons. The van der Waals surface area contributed by atoms with Gasteiger partial charge in [0.1, 0.15) is 0 Å². The van der Waals surface area contributed by atoms with Crippen LogP contribution in [-0.4, -0.2) is 64.1 Å². The van der Waals surface area contributed by atoms with E-state index in [2.05, 4.69) is 25.6 Å². The summed E-state index contributed by atoms with van der Waals surface area (Å²) in [6, 6.07) is 5.82. The van der Waals surface area contributed by atoms with Gasteiger partial charge in [0.25, 0.3) is 0 Å². The van der Waals surface area contributed by atoms with Crippen LogP contribution in [0.1, 0.15) is 49.1 Å². The van der Waals surface area contributed by atoms with Crippen LogP contribution in [0.4, 0.5) is 4.79 Å². The molecule has 8 heteroatoms. The summed E-state index contributed by atoms with van der Waals surface area (Å²) in [7, 11) is 0. The standard InChI is InChI=1S/C23H34N6O2/c1-18-14-19(2)29(27-18)21-7-6-20(15-24-21)16-25-22(30)26-17-23(8-4-3-5-9-23)28-10-12-31-13-11-28/h6-7,14-15H,3-5,8-13,16-17H2,1-2H3,(H2,25,26,30). The van der Waals surface area contributed by atoms with Gasteiger partial charge in [-0.05, 0) is 44.4 Å². The number of nitrogens with one attached hydrogen (secondary N) is 2. The Labute approximate surface area is 184 Å². The molecule has 31 heavy (non-hydrogen) atoms. The number of carbonyl (C=O) groups is 1. The number of pyridine rings is 1. The molecule has 4 rings (SSSR count). The number of nitrogens with zero attached hydrogens (tertiary/aromatic N) is 4. The minimum Gasteiger partial charge on any atom is -0.379 e. The fourth-order valence-electron chi connectivity index (χ4n) is 4.85. The molecular formula is C23H34N6O2. The van der Waals surface area contributed by atoms with Crippen molar-refractivity contribution in [2.24, 2.45) is 0 Å². The molecule has 2 aromatic heterocycles. The first-order valence-corrected chi connectivity index (χ1v) is 11.4. The molecule has 0 atom stereocenters. The van der Waals surface area contributed by atoms with Gasteiger partial charge in [0.15, 0.2) is 5.82 Å². The molecule has 3 heterocycles. The lowest BCUT2D eigenvalue weighted by atomic mass is 9.80. The molecule has 1 saturated carbocycles. The topological polar surface area (TPSA) is 84.3 Å². The van der Waals surface area contributed by atoms with E-state index >= 15 is 0 Å². The number of aromatic nitrogens is 3. The highest BCUT2D eigenvalue weighted by Gasteiger charge is 2.38. The number of amides is 2. The molecule has 0 spiro atoms. The number of carbonyl (C=O) groups excluding carboxylic acids is 1. The summed E-state index contributed by atoms with van der Waals surface area (Å²) in [4.78, 5) is 19.6. The number of hydrogen-bond acceptors (Lipinski definition) is 5. The highest BCUT2D eigenvalue weighted by atomic mass is 16.5. The van der Waals surface area contributed by atoms with Gasteiger partial charge in [0, 0.05) is 43.6 Å². The molecule has 1 aliphatic carbocycles. The highest BCUT2D eigenvalue weighted by Crippen LogP contribution is 2.33. The maximum Gasteiger partial charge on any atom is 0.315 e. The van der Waals surface area contributed by atoms with Crippen molar-refractivity contribution in [1.29, 1.82) is 0 Å². The Balaban J connectivity index is 1.29. The van der Waals surface area contributed by atoms with E-state index in [1.165, 1.54) is 19.3 Å². The summed E-state index contributed by atoms with van der Waals surface area (Å²) in [5.74, 6) is 0.781. The number of urea groups is 1. The van der Waals surface area contributed by atoms with Gasteiger partial charge in [0.2, 0.25) is 0 Å². The van der Waals surface area contributed by atoms with Gasteiger partial charge in [0.05, 0.1) is 18.9 Å². The largest absolute Gasteiger partial charge is 0.379 e. The number of ether oxygens (including phenoxy) is 1. The Morgan fingerprint density at radius 3 is 2.55 bits per heavy atom. The third kappa shape index (κ3) is 5.25.